The summed E-state index contributed by atoms with van der Waals surface area (Å²) >= 11 is 0. The van der Waals surface area contributed by atoms with Gasteiger partial charge in [0, 0.05) is 38.0 Å². The molecule has 1 aliphatic carbocycles. The van der Waals surface area contributed by atoms with Crippen LogP contribution in [0.1, 0.15) is 38.5 Å². The van der Waals surface area contributed by atoms with Crippen molar-refractivity contribution in [3.63, 3.8) is 0 Å². The molecule has 22 heavy (non-hydrogen) atoms. The van der Waals surface area contributed by atoms with Crippen molar-refractivity contribution >= 4 is 10.0 Å². The van der Waals surface area contributed by atoms with E-state index in [9.17, 15) is 8.42 Å². The highest BCUT2D eigenvalue weighted by Crippen LogP contribution is 2.43. The molecular formula is C15H23N3O3S. The highest BCUT2D eigenvalue weighted by molar-refractivity contribution is 7.89. The van der Waals surface area contributed by atoms with Gasteiger partial charge in [-0.1, -0.05) is 6.42 Å². The largest absolute Gasteiger partial charge is 0.381 e. The van der Waals surface area contributed by atoms with Crippen molar-refractivity contribution in [1.82, 2.24) is 14.1 Å². The number of hydrogen-bond donors (Lipinski definition) is 0. The number of aromatic nitrogens is 2. The lowest BCUT2D eigenvalue weighted by atomic mass is 9.81. The molecule has 0 atom stereocenters. The lowest BCUT2D eigenvalue weighted by molar-refractivity contribution is -0.0426. The third-order valence-corrected chi connectivity index (χ3v) is 7.56. The monoisotopic (exact) mass is 325 g/mol. The second-order valence-electron chi connectivity index (χ2n) is 6.86. The van der Waals surface area contributed by atoms with Crippen LogP contribution in [0.4, 0.5) is 0 Å². The Kier molecular flexibility index (Phi) is 3.54. The summed E-state index contributed by atoms with van der Waals surface area (Å²) in [4.78, 5) is 0.345. The molecule has 0 amide bonds. The average molecular weight is 325 g/mol. The van der Waals surface area contributed by atoms with E-state index < -0.39 is 10.0 Å². The van der Waals surface area contributed by atoms with Gasteiger partial charge in [0.2, 0.25) is 10.0 Å². The first-order valence-corrected chi connectivity index (χ1v) is 9.67. The van der Waals surface area contributed by atoms with Gasteiger partial charge in [0.05, 0.1) is 6.20 Å². The molecule has 1 saturated carbocycles. The van der Waals surface area contributed by atoms with Crippen molar-refractivity contribution in [2.24, 2.45) is 5.92 Å². The van der Waals surface area contributed by atoms with Gasteiger partial charge in [-0.05, 0) is 38.0 Å². The summed E-state index contributed by atoms with van der Waals surface area (Å²) in [5.74, 6) is 0.668. The molecule has 3 aliphatic rings. The van der Waals surface area contributed by atoms with Gasteiger partial charge in [-0.25, -0.2) is 8.42 Å². The molecule has 2 aliphatic heterocycles. The van der Waals surface area contributed by atoms with Gasteiger partial charge in [0.1, 0.15) is 4.90 Å². The molecule has 1 spiro atoms. The summed E-state index contributed by atoms with van der Waals surface area (Å²) in [6, 6.07) is 0. The number of sulfonamides is 1. The van der Waals surface area contributed by atoms with Crippen LogP contribution in [0, 0.1) is 5.92 Å². The molecule has 4 rings (SSSR count). The normalized spacial score (nSPS) is 25.8. The maximum absolute atomic E-state index is 12.9. The highest BCUT2D eigenvalue weighted by atomic mass is 32.2. The zero-order valence-electron chi connectivity index (χ0n) is 12.8. The van der Waals surface area contributed by atoms with Crippen LogP contribution in [0.25, 0.3) is 0 Å². The Labute approximate surface area is 131 Å². The zero-order valence-corrected chi connectivity index (χ0v) is 13.6. The van der Waals surface area contributed by atoms with Crippen LogP contribution >= 0.6 is 0 Å². The molecule has 1 aromatic rings. The summed E-state index contributed by atoms with van der Waals surface area (Å²) in [5.41, 5.74) is -0.201. The number of rotatable bonds is 4. The lowest BCUT2D eigenvalue weighted by Crippen LogP contribution is -2.63. The third-order valence-electron chi connectivity index (χ3n) is 5.60. The Hall–Kier alpha value is -0.920. The van der Waals surface area contributed by atoms with E-state index in [4.69, 9.17) is 4.74 Å². The quantitative estimate of drug-likeness (QED) is 0.844. The van der Waals surface area contributed by atoms with E-state index in [1.165, 1.54) is 25.5 Å². The molecule has 0 bridgehead atoms. The molecule has 0 unspecified atom stereocenters. The second-order valence-corrected chi connectivity index (χ2v) is 8.72. The molecule has 3 fully saturated rings. The summed E-state index contributed by atoms with van der Waals surface area (Å²) in [7, 11) is -3.42. The molecular weight excluding hydrogens is 302 g/mol. The van der Waals surface area contributed by atoms with Crippen molar-refractivity contribution in [1.29, 1.82) is 0 Å². The number of nitrogens with zero attached hydrogens (tertiary/aromatic N) is 3. The zero-order chi connectivity index (χ0) is 15.2. The topological polar surface area (TPSA) is 64.4 Å². The molecule has 7 heteroatoms. The first-order valence-electron chi connectivity index (χ1n) is 8.23. The lowest BCUT2D eigenvalue weighted by Gasteiger charge is -2.53. The first-order chi connectivity index (χ1) is 10.6. The molecule has 122 valence electrons. The fourth-order valence-corrected chi connectivity index (χ4v) is 5.60. The van der Waals surface area contributed by atoms with Crippen LogP contribution in [-0.2, 0) is 21.3 Å². The van der Waals surface area contributed by atoms with Gasteiger partial charge in [-0.3, -0.25) is 4.68 Å². The van der Waals surface area contributed by atoms with E-state index in [1.54, 1.807) is 15.2 Å². The maximum atomic E-state index is 12.9. The van der Waals surface area contributed by atoms with E-state index in [1.807, 2.05) is 0 Å². The summed E-state index contributed by atoms with van der Waals surface area (Å²) in [6.07, 6.45) is 9.54. The van der Waals surface area contributed by atoms with Crippen molar-refractivity contribution in [3.8, 4) is 0 Å². The second kappa shape index (κ2) is 5.32. The van der Waals surface area contributed by atoms with Crippen molar-refractivity contribution < 1.29 is 13.2 Å². The minimum absolute atomic E-state index is 0.201. The summed E-state index contributed by atoms with van der Waals surface area (Å²) in [6.45, 7) is 2.78. The van der Waals surface area contributed by atoms with Gasteiger partial charge in [0.15, 0.2) is 0 Å². The molecule has 0 radical (unpaired) electrons. The molecule has 1 aromatic heterocycles. The van der Waals surface area contributed by atoms with Crippen molar-refractivity contribution in [2.75, 3.05) is 19.8 Å². The minimum Gasteiger partial charge on any atom is -0.381 e. The predicted octanol–water partition coefficient (Wildman–Crippen LogP) is 1.63. The van der Waals surface area contributed by atoms with Gasteiger partial charge < -0.3 is 4.74 Å². The SMILES string of the molecule is O=S(=O)(c1cnn(CC2CCC2)c1)N1CCC12CCOCC2. The Morgan fingerprint density at radius 1 is 1.27 bits per heavy atom. The molecule has 0 aromatic carbocycles. The first kappa shape index (κ1) is 14.7. The minimum atomic E-state index is -3.42. The van der Waals surface area contributed by atoms with Crippen molar-refractivity contribution in [3.05, 3.63) is 12.4 Å². The fraction of sp³-hybridized carbons (Fsp3) is 0.800. The standard InChI is InChI=1S/C15H23N3O3S/c19-22(20,18-7-4-15(18)5-8-21-9-6-15)14-10-16-17(12-14)11-13-2-1-3-13/h10,12-13H,1-9,11H2. The highest BCUT2D eigenvalue weighted by Gasteiger charge is 2.52. The Balaban J connectivity index is 1.53. The predicted molar refractivity (Wildman–Crippen MR) is 80.9 cm³/mol. The molecule has 2 saturated heterocycles. The van der Waals surface area contributed by atoms with Gasteiger partial charge in [0.25, 0.3) is 0 Å². The number of hydrogen-bond acceptors (Lipinski definition) is 4. The van der Waals surface area contributed by atoms with Gasteiger partial charge in [-0.2, -0.15) is 9.40 Å². The van der Waals surface area contributed by atoms with Crippen LogP contribution in [0.2, 0.25) is 0 Å². The average Bonchev–Trinajstić information content (AvgIpc) is 2.92. The maximum Gasteiger partial charge on any atom is 0.246 e. The summed E-state index contributed by atoms with van der Waals surface area (Å²) < 4.78 is 34.7. The van der Waals surface area contributed by atoms with Crippen LogP contribution in [-0.4, -0.2) is 47.8 Å². The van der Waals surface area contributed by atoms with Crippen molar-refractivity contribution in [2.45, 2.75) is 55.5 Å². The van der Waals surface area contributed by atoms with E-state index in [-0.39, 0.29) is 5.54 Å². The Morgan fingerprint density at radius 2 is 2.05 bits per heavy atom. The van der Waals surface area contributed by atoms with Gasteiger partial charge in [-0.15, -0.1) is 0 Å². The van der Waals surface area contributed by atoms with E-state index in [2.05, 4.69) is 5.10 Å². The Morgan fingerprint density at radius 3 is 2.64 bits per heavy atom. The van der Waals surface area contributed by atoms with Crippen LogP contribution in [0.15, 0.2) is 17.3 Å². The number of ether oxygens (including phenoxy) is 1. The van der Waals surface area contributed by atoms with Gasteiger partial charge >= 0.3 is 0 Å². The van der Waals surface area contributed by atoms with Crippen LogP contribution in [0.3, 0.4) is 0 Å². The van der Waals surface area contributed by atoms with Crippen LogP contribution < -0.4 is 0 Å². The Bertz CT molecular complexity index is 645. The molecule has 3 heterocycles. The summed E-state index contributed by atoms with van der Waals surface area (Å²) in [5, 5.41) is 4.26. The smallest absolute Gasteiger partial charge is 0.246 e. The molecule has 0 N–H and O–H groups in total. The fourth-order valence-electron chi connectivity index (χ4n) is 3.79. The van der Waals surface area contributed by atoms with E-state index in [0.717, 1.165) is 25.8 Å². The van der Waals surface area contributed by atoms with E-state index >= 15 is 0 Å². The van der Waals surface area contributed by atoms with Crippen LogP contribution in [0.5, 0.6) is 0 Å². The third kappa shape index (κ3) is 2.30. The molecule has 6 nitrogen and oxygen atoms in total. The van der Waals surface area contributed by atoms with E-state index in [0.29, 0.717) is 30.6 Å².